The van der Waals surface area contributed by atoms with Gasteiger partial charge in [0.15, 0.2) is 0 Å². The van der Waals surface area contributed by atoms with Crippen LogP contribution in [0.15, 0.2) is 0 Å². The van der Waals surface area contributed by atoms with E-state index < -0.39 is 0 Å². The average molecular weight is 254 g/mol. The second-order valence-corrected chi connectivity index (χ2v) is 5.97. The summed E-state index contributed by atoms with van der Waals surface area (Å²) >= 11 is 0. The summed E-state index contributed by atoms with van der Waals surface area (Å²) in [5.41, 5.74) is 0. The van der Waals surface area contributed by atoms with Gasteiger partial charge in [-0.2, -0.15) is 0 Å². The van der Waals surface area contributed by atoms with Gasteiger partial charge < -0.3 is 15.0 Å². The van der Waals surface area contributed by atoms with Gasteiger partial charge in [-0.3, -0.25) is 0 Å². The minimum absolute atomic E-state index is 0.719. The lowest BCUT2D eigenvalue weighted by atomic mass is 10.0. The Labute approximate surface area is 112 Å². The summed E-state index contributed by atoms with van der Waals surface area (Å²) in [5.74, 6) is 0. The van der Waals surface area contributed by atoms with E-state index in [1.54, 1.807) is 0 Å². The maximum atomic E-state index is 5.82. The second kappa shape index (κ2) is 8.13. The fourth-order valence-electron chi connectivity index (χ4n) is 3.23. The van der Waals surface area contributed by atoms with Gasteiger partial charge in [0.05, 0.1) is 0 Å². The first kappa shape index (κ1) is 14.3. The largest absolute Gasteiger partial charge is 0.381 e. The zero-order chi connectivity index (χ0) is 12.6. The third-order valence-electron chi connectivity index (χ3n) is 4.54. The van der Waals surface area contributed by atoms with Gasteiger partial charge >= 0.3 is 0 Å². The maximum Gasteiger partial charge on any atom is 0.0480 e. The summed E-state index contributed by atoms with van der Waals surface area (Å²) in [6, 6.07) is 1.49. The minimum atomic E-state index is 0.719. The molecule has 18 heavy (non-hydrogen) atoms. The fraction of sp³-hybridized carbons (Fsp3) is 1.00. The first-order chi connectivity index (χ1) is 8.86. The van der Waals surface area contributed by atoms with Crippen molar-refractivity contribution in [1.82, 2.24) is 10.2 Å². The highest BCUT2D eigenvalue weighted by molar-refractivity contribution is 4.74. The predicted molar refractivity (Wildman–Crippen MR) is 76.0 cm³/mol. The molecule has 2 unspecified atom stereocenters. The molecule has 0 amide bonds. The lowest BCUT2D eigenvalue weighted by molar-refractivity contribution is 0.0851. The van der Waals surface area contributed by atoms with Gasteiger partial charge in [0.25, 0.3) is 0 Å². The topological polar surface area (TPSA) is 24.5 Å². The first-order valence-electron chi connectivity index (χ1n) is 7.87. The van der Waals surface area contributed by atoms with Crippen molar-refractivity contribution in [3.05, 3.63) is 0 Å². The van der Waals surface area contributed by atoms with Gasteiger partial charge in [-0.15, -0.1) is 0 Å². The first-order valence-corrected chi connectivity index (χ1v) is 7.87. The van der Waals surface area contributed by atoms with Gasteiger partial charge in [0, 0.05) is 25.3 Å². The number of rotatable bonds is 6. The van der Waals surface area contributed by atoms with Crippen LogP contribution >= 0.6 is 0 Å². The molecule has 2 heterocycles. The number of likely N-dealkylation sites (tertiary alicyclic amines) is 1. The molecule has 0 aliphatic carbocycles. The number of piperidine rings is 2. The van der Waals surface area contributed by atoms with Crippen LogP contribution in [0, 0.1) is 0 Å². The average Bonchev–Trinajstić information content (AvgIpc) is 2.42. The molecule has 0 radical (unpaired) electrons. The Kier molecular flexibility index (Phi) is 6.46. The van der Waals surface area contributed by atoms with Crippen LogP contribution in [-0.2, 0) is 4.74 Å². The van der Waals surface area contributed by atoms with E-state index in [1.807, 2.05) is 0 Å². The molecule has 0 aromatic carbocycles. The smallest absolute Gasteiger partial charge is 0.0480 e. The SMILES string of the molecule is CN1CCCCC1CCOCCC1CCCCN1. The van der Waals surface area contributed by atoms with Crippen LogP contribution in [-0.4, -0.2) is 50.3 Å². The van der Waals surface area contributed by atoms with Crippen molar-refractivity contribution >= 4 is 0 Å². The van der Waals surface area contributed by atoms with Gasteiger partial charge in [-0.25, -0.2) is 0 Å². The highest BCUT2D eigenvalue weighted by Gasteiger charge is 2.18. The molecule has 2 fully saturated rings. The van der Waals surface area contributed by atoms with Gasteiger partial charge in [0.2, 0.25) is 0 Å². The number of nitrogens with one attached hydrogen (secondary N) is 1. The molecule has 2 aliphatic rings. The van der Waals surface area contributed by atoms with Gasteiger partial charge in [0.1, 0.15) is 0 Å². The molecule has 0 aromatic heterocycles. The summed E-state index contributed by atoms with van der Waals surface area (Å²) in [4.78, 5) is 2.51. The van der Waals surface area contributed by atoms with Crippen LogP contribution in [0.3, 0.4) is 0 Å². The molecule has 2 rings (SSSR count). The lowest BCUT2D eigenvalue weighted by Crippen LogP contribution is -2.37. The monoisotopic (exact) mass is 254 g/mol. The lowest BCUT2D eigenvalue weighted by Gasteiger charge is -2.32. The molecule has 2 aliphatic heterocycles. The van der Waals surface area contributed by atoms with Gasteiger partial charge in [-0.05, 0) is 58.7 Å². The summed E-state index contributed by atoms with van der Waals surface area (Å²) in [6.07, 6.45) is 10.6. The summed E-state index contributed by atoms with van der Waals surface area (Å²) < 4.78 is 5.82. The highest BCUT2D eigenvalue weighted by atomic mass is 16.5. The number of hydrogen-bond donors (Lipinski definition) is 1. The maximum absolute atomic E-state index is 5.82. The third-order valence-corrected chi connectivity index (χ3v) is 4.54. The van der Waals surface area contributed by atoms with E-state index in [1.165, 1.54) is 64.5 Å². The Balaban J connectivity index is 1.47. The molecular formula is C15H30N2O. The molecular weight excluding hydrogens is 224 g/mol. The third kappa shape index (κ3) is 4.87. The molecule has 0 bridgehead atoms. The number of nitrogens with zero attached hydrogens (tertiary/aromatic N) is 1. The van der Waals surface area contributed by atoms with Crippen molar-refractivity contribution in [1.29, 1.82) is 0 Å². The second-order valence-electron chi connectivity index (χ2n) is 5.97. The van der Waals surface area contributed by atoms with E-state index in [4.69, 9.17) is 4.74 Å². The normalized spacial score (nSPS) is 30.5. The van der Waals surface area contributed by atoms with Crippen molar-refractivity contribution in [2.24, 2.45) is 0 Å². The molecule has 3 heteroatoms. The van der Waals surface area contributed by atoms with E-state index in [9.17, 15) is 0 Å². The zero-order valence-electron chi connectivity index (χ0n) is 12.0. The van der Waals surface area contributed by atoms with E-state index in [2.05, 4.69) is 17.3 Å². The van der Waals surface area contributed by atoms with E-state index >= 15 is 0 Å². The van der Waals surface area contributed by atoms with Crippen LogP contribution < -0.4 is 5.32 Å². The Morgan fingerprint density at radius 3 is 2.67 bits per heavy atom. The molecule has 0 aromatic rings. The van der Waals surface area contributed by atoms with Crippen LogP contribution in [0.2, 0.25) is 0 Å². The summed E-state index contributed by atoms with van der Waals surface area (Å²) in [6.45, 7) is 4.37. The summed E-state index contributed by atoms with van der Waals surface area (Å²) in [7, 11) is 2.26. The van der Waals surface area contributed by atoms with Crippen LogP contribution in [0.1, 0.15) is 51.4 Å². The Hall–Kier alpha value is -0.120. The van der Waals surface area contributed by atoms with Crippen LogP contribution in [0.4, 0.5) is 0 Å². The van der Waals surface area contributed by atoms with Crippen molar-refractivity contribution in [3.8, 4) is 0 Å². The molecule has 106 valence electrons. The van der Waals surface area contributed by atoms with E-state index in [0.717, 1.165) is 25.3 Å². The highest BCUT2D eigenvalue weighted by Crippen LogP contribution is 2.17. The summed E-state index contributed by atoms with van der Waals surface area (Å²) in [5, 5.41) is 3.58. The van der Waals surface area contributed by atoms with Gasteiger partial charge in [-0.1, -0.05) is 12.8 Å². The van der Waals surface area contributed by atoms with Crippen molar-refractivity contribution in [2.75, 3.05) is 33.4 Å². The Morgan fingerprint density at radius 2 is 1.89 bits per heavy atom. The van der Waals surface area contributed by atoms with Crippen LogP contribution in [0.25, 0.3) is 0 Å². The van der Waals surface area contributed by atoms with Crippen molar-refractivity contribution < 1.29 is 4.74 Å². The van der Waals surface area contributed by atoms with Crippen molar-refractivity contribution in [2.45, 2.75) is 63.5 Å². The molecule has 2 atom stereocenters. The molecule has 3 nitrogen and oxygen atoms in total. The Bertz CT molecular complexity index is 217. The molecule has 0 spiro atoms. The predicted octanol–water partition coefficient (Wildman–Crippen LogP) is 2.41. The minimum Gasteiger partial charge on any atom is -0.381 e. The van der Waals surface area contributed by atoms with E-state index in [0.29, 0.717) is 0 Å². The zero-order valence-corrected chi connectivity index (χ0v) is 12.0. The fourth-order valence-corrected chi connectivity index (χ4v) is 3.23. The molecule has 1 N–H and O–H groups in total. The Morgan fingerprint density at radius 1 is 1.06 bits per heavy atom. The number of hydrogen-bond acceptors (Lipinski definition) is 3. The molecule has 2 saturated heterocycles. The molecule has 0 saturated carbocycles. The van der Waals surface area contributed by atoms with Crippen LogP contribution in [0.5, 0.6) is 0 Å². The van der Waals surface area contributed by atoms with Crippen molar-refractivity contribution in [3.63, 3.8) is 0 Å². The number of ether oxygens (including phenoxy) is 1. The quantitative estimate of drug-likeness (QED) is 0.737. The standard InChI is InChI=1S/C15H30N2O/c1-17-11-5-3-7-15(17)9-13-18-12-8-14-6-2-4-10-16-14/h14-16H,2-13H2,1H3. The van der Waals surface area contributed by atoms with E-state index in [-0.39, 0.29) is 0 Å².